The van der Waals surface area contributed by atoms with Crippen molar-refractivity contribution in [2.75, 3.05) is 17.7 Å². The predicted molar refractivity (Wildman–Crippen MR) is 74.1 cm³/mol. The van der Waals surface area contributed by atoms with E-state index in [9.17, 15) is 8.78 Å². The van der Waals surface area contributed by atoms with Crippen molar-refractivity contribution in [1.82, 2.24) is 0 Å². The van der Waals surface area contributed by atoms with Gasteiger partial charge in [-0.3, -0.25) is 0 Å². The number of ether oxygens (including phenoxy) is 1. The summed E-state index contributed by atoms with van der Waals surface area (Å²) < 4.78 is 31.6. The smallest absolute Gasteiger partial charge is 0.265 e. The van der Waals surface area contributed by atoms with E-state index in [4.69, 9.17) is 10.5 Å². The first-order valence-corrected chi connectivity index (χ1v) is 6.31. The van der Waals surface area contributed by atoms with E-state index in [1.165, 1.54) is 6.07 Å². The summed E-state index contributed by atoms with van der Waals surface area (Å²) in [5, 5.41) is 3.11. The van der Waals surface area contributed by atoms with Crippen LogP contribution in [0, 0.1) is 0 Å². The molecule has 20 heavy (non-hydrogen) atoms. The number of nitrogen functional groups attached to an aromatic ring is 1. The number of benzene rings is 2. The monoisotopic (exact) mass is 276 g/mol. The SMILES string of the molecule is Nc1ccc(NC2COc3ccccc32)c(C(F)F)c1. The number of para-hydroxylation sites is 1. The quantitative estimate of drug-likeness (QED) is 0.839. The Kier molecular flexibility index (Phi) is 3.18. The number of alkyl halides is 2. The number of hydrogen-bond donors (Lipinski definition) is 2. The largest absolute Gasteiger partial charge is 0.491 e. The van der Waals surface area contributed by atoms with E-state index in [1.54, 1.807) is 12.1 Å². The van der Waals surface area contributed by atoms with Crippen LogP contribution in [0.5, 0.6) is 5.75 Å². The van der Waals surface area contributed by atoms with Crippen LogP contribution in [0.1, 0.15) is 23.6 Å². The zero-order valence-corrected chi connectivity index (χ0v) is 10.6. The lowest BCUT2D eigenvalue weighted by atomic mass is 10.1. The molecule has 1 aliphatic heterocycles. The maximum atomic E-state index is 13.1. The highest BCUT2D eigenvalue weighted by Gasteiger charge is 2.25. The third-order valence-electron chi connectivity index (χ3n) is 3.34. The lowest BCUT2D eigenvalue weighted by molar-refractivity contribution is 0.152. The van der Waals surface area contributed by atoms with Gasteiger partial charge in [0.05, 0.1) is 6.04 Å². The maximum Gasteiger partial charge on any atom is 0.265 e. The summed E-state index contributed by atoms with van der Waals surface area (Å²) >= 11 is 0. The average Bonchev–Trinajstić information content (AvgIpc) is 2.84. The van der Waals surface area contributed by atoms with E-state index in [1.807, 2.05) is 24.3 Å². The topological polar surface area (TPSA) is 47.3 Å². The Hall–Kier alpha value is -2.30. The fraction of sp³-hybridized carbons (Fsp3) is 0.200. The number of nitrogens with one attached hydrogen (secondary N) is 1. The lowest BCUT2D eigenvalue weighted by Gasteiger charge is -2.17. The zero-order chi connectivity index (χ0) is 14.1. The van der Waals surface area contributed by atoms with Crippen LogP contribution in [-0.4, -0.2) is 6.61 Å². The van der Waals surface area contributed by atoms with Gasteiger partial charge in [-0.2, -0.15) is 0 Å². The molecular formula is C15H14F2N2O. The van der Waals surface area contributed by atoms with Crippen LogP contribution in [0.25, 0.3) is 0 Å². The summed E-state index contributed by atoms with van der Waals surface area (Å²) in [6.45, 7) is 0.423. The van der Waals surface area contributed by atoms with Crippen molar-refractivity contribution in [3.8, 4) is 5.75 Å². The summed E-state index contributed by atoms with van der Waals surface area (Å²) in [4.78, 5) is 0. The molecule has 0 spiro atoms. The van der Waals surface area contributed by atoms with Gasteiger partial charge in [0, 0.05) is 22.5 Å². The fourth-order valence-electron chi connectivity index (χ4n) is 2.36. The van der Waals surface area contributed by atoms with Crippen LogP contribution in [0.2, 0.25) is 0 Å². The molecule has 3 N–H and O–H groups in total. The molecule has 0 saturated carbocycles. The first-order chi connectivity index (χ1) is 9.65. The molecule has 1 unspecified atom stereocenters. The first-order valence-electron chi connectivity index (χ1n) is 6.31. The molecule has 0 fully saturated rings. The third kappa shape index (κ3) is 2.27. The van der Waals surface area contributed by atoms with Crippen LogP contribution in [-0.2, 0) is 0 Å². The van der Waals surface area contributed by atoms with Gasteiger partial charge in [-0.1, -0.05) is 18.2 Å². The number of halogens is 2. The minimum atomic E-state index is -2.57. The van der Waals surface area contributed by atoms with Crippen molar-refractivity contribution < 1.29 is 13.5 Å². The Balaban J connectivity index is 1.90. The number of rotatable bonds is 3. The molecule has 3 nitrogen and oxygen atoms in total. The summed E-state index contributed by atoms with van der Waals surface area (Å²) in [7, 11) is 0. The van der Waals surface area contributed by atoms with Gasteiger partial charge in [0.25, 0.3) is 6.43 Å². The molecule has 104 valence electrons. The Labute approximate surface area is 115 Å². The molecule has 0 amide bonds. The highest BCUT2D eigenvalue weighted by molar-refractivity contribution is 5.60. The van der Waals surface area contributed by atoms with E-state index in [0.717, 1.165) is 11.3 Å². The Morgan fingerprint density at radius 2 is 2.00 bits per heavy atom. The summed E-state index contributed by atoms with van der Waals surface area (Å²) in [5.41, 5.74) is 7.17. The van der Waals surface area contributed by atoms with Crippen molar-refractivity contribution in [3.05, 3.63) is 53.6 Å². The van der Waals surface area contributed by atoms with Gasteiger partial charge in [-0.25, -0.2) is 8.78 Å². The van der Waals surface area contributed by atoms with Gasteiger partial charge in [0.2, 0.25) is 0 Å². The second-order valence-electron chi connectivity index (χ2n) is 4.69. The van der Waals surface area contributed by atoms with Crippen LogP contribution < -0.4 is 15.8 Å². The molecular weight excluding hydrogens is 262 g/mol. The fourth-order valence-corrected chi connectivity index (χ4v) is 2.36. The van der Waals surface area contributed by atoms with Crippen LogP contribution in [0.15, 0.2) is 42.5 Å². The van der Waals surface area contributed by atoms with E-state index in [-0.39, 0.29) is 11.6 Å². The van der Waals surface area contributed by atoms with Crippen molar-refractivity contribution in [1.29, 1.82) is 0 Å². The molecule has 1 aliphatic rings. The van der Waals surface area contributed by atoms with E-state index >= 15 is 0 Å². The van der Waals surface area contributed by atoms with Gasteiger partial charge in [-0.05, 0) is 24.3 Å². The number of hydrogen-bond acceptors (Lipinski definition) is 3. The lowest BCUT2D eigenvalue weighted by Crippen LogP contribution is -2.13. The highest BCUT2D eigenvalue weighted by Crippen LogP contribution is 2.37. The van der Waals surface area contributed by atoms with Gasteiger partial charge in [0.15, 0.2) is 0 Å². The van der Waals surface area contributed by atoms with Crippen LogP contribution >= 0.6 is 0 Å². The Morgan fingerprint density at radius 1 is 1.20 bits per heavy atom. The standard InChI is InChI=1S/C15H14F2N2O/c16-15(17)11-7-9(18)5-6-12(11)19-13-8-20-14-4-2-1-3-10(13)14/h1-7,13,15,19H,8,18H2. The Bertz CT molecular complexity index is 631. The molecule has 0 saturated heterocycles. The molecule has 5 heteroatoms. The van der Waals surface area contributed by atoms with Crippen molar-refractivity contribution in [2.24, 2.45) is 0 Å². The molecule has 0 aliphatic carbocycles. The molecule has 0 bridgehead atoms. The number of fused-ring (bicyclic) bond motifs is 1. The van der Waals surface area contributed by atoms with Gasteiger partial charge >= 0.3 is 0 Å². The van der Waals surface area contributed by atoms with E-state index in [0.29, 0.717) is 18.0 Å². The van der Waals surface area contributed by atoms with Gasteiger partial charge in [0.1, 0.15) is 12.4 Å². The van der Waals surface area contributed by atoms with Gasteiger partial charge < -0.3 is 15.8 Å². The zero-order valence-electron chi connectivity index (χ0n) is 10.6. The number of nitrogens with two attached hydrogens (primary N) is 1. The Morgan fingerprint density at radius 3 is 2.80 bits per heavy atom. The average molecular weight is 276 g/mol. The molecule has 0 aromatic heterocycles. The summed E-state index contributed by atoms with van der Waals surface area (Å²) in [6.07, 6.45) is -2.57. The highest BCUT2D eigenvalue weighted by atomic mass is 19.3. The number of anilines is 2. The van der Waals surface area contributed by atoms with Crippen molar-refractivity contribution in [3.63, 3.8) is 0 Å². The maximum absolute atomic E-state index is 13.1. The summed E-state index contributed by atoms with van der Waals surface area (Å²) in [6, 6.07) is 11.9. The minimum absolute atomic E-state index is 0.0885. The van der Waals surface area contributed by atoms with Crippen LogP contribution in [0.3, 0.4) is 0 Å². The molecule has 2 aromatic rings. The van der Waals surface area contributed by atoms with Crippen molar-refractivity contribution >= 4 is 11.4 Å². The normalized spacial score (nSPS) is 16.9. The van der Waals surface area contributed by atoms with Crippen LogP contribution in [0.4, 0.5) is 20.2 Å². The minimum Gasteiger partial charge on any atom is -0.491 e. The molecule has 1 atom stereocenters. The molecule has 1 heterocycles. The molecule has 0 radical (unpaired) electrons. The first kappa shape index (κ1) is 12.7. The molecule has 3 rings (SSSR count). The van der Waals surface area contributed by atoms with Gasteiger partial charge in [-0.15, -0.1) is 0 Å². The predicted octanol–water partition coefficient (Wildman–Crippen LogP) is 3.75. The summed E-state index contributed by atoms with van der Waals surface area (Å²) in [5.74, 6) is 0.791. The second kappa shape index (κ2) is 5.00. The van der Waals surface area contributed by atoms with Crippen molar-refractivity contribution in [2.45, 2.75) is 12.5 Å². The second-order valence-corrected chi connectivity index (χ2v) is 4.69. The van der Waals surface area contributed by atoms with E-state index < -0.39 is 6.43 Å². The molecule has 2 aromatic carbocycles. The third-order valence-corrected chi connectivity index (χ3v) is 3.34. The van der Waals surface area contributed by atoms with E-state index in [2.05, 4.69) is 5.32 Å².